The normalized spacial score (nSPS) is 14.4. The lowest BCUT2D eigenvalue weighted by Gasteiger charge is -2.28. The zero-order valence-corrected chi connectivity index (χ0v) is 27.7. The van der Waals surface area contributed by atoms with Crippen LogP contribution in [0.3, 0.4) is 0 Å². The molecule has 7 nitrogen and oxygen atoms in total. The lowest BCUT2D eigenvalue weighted by Crippen LogP contribution is -2.31. The quantitative estimate of drug-likeness (QED) is 0.159. The second-order valence-corrected chi connectivity index (χ2v) is 13.6. The van der Waals surface area contributed by atoms with Crippen molar-refractivity contribution in [2.45, 2.75) is 63.6 Å². The van der Waals surface area contributed by atoms with E-state index in [2.05, 4.69) is 67.8 Å². The lowest BCUT2D eigenvalue weighted by molar-refractivity contribution is -0.113. The van der Waals surface area contributed by atoms with Crippen LogP contribution in [0.4, 0.5) is 11.6 Å². The van der Waals surface area contributed by atoms with Gasteiger partial charge in [0.05, 0.1) is 5.57 Å². The fourth-order valence-electron chi connectivity index (χ4n) is 5.45. The fourth-order valence-corrected chi connectivity index (χ4v) is 6.24. The third kappa shape index (κ3) is 7.18. The maximum Gasteiger partial charge on any atom is 0.255 e. The van der Waals surface area contributed by atoms with Crippen LogP contribution >= 0.6 is 11.8 Å². The largest absolute Gasteiger partial charge is 0.489 e. The Morgan fingerprint density at radius 3 is 2.35 bits per heavy atom. The molecule has 1 aromatic heterocycles. The molecular weight excluding hydrogens is 591 g/mol. The molecule has 1 unspecified atom stereocenters. The summed E-state index contributed by atoms with van der Waals surface area (Å²) in [5.74, 6) is 1.90. The number of aryl methyl sites for hydroxylation is 1. The van der Waals surface area contributed by atoms with E-state index in [1.165, 1.54) is 11.1 Å². The molecule has 0 saturated heterocycles. The van der Waals surface area contributed by atoms with Crippen molar-refractivity contribution in [1.82, 2.24) is 14.8 Å². The third-order valence-electron chi connectivity index (χ3n) is 7.99. The van der Waals surface area contributed by atoms with Crippen LogP contribution in [0.25, 0.3) is 0 Å². The molecule has 1 aliphatic heterocycles. The van der Waals surface area contributed by atoms with Crippen LogP contribution in [0, 0.1) is 6.92 Å². The second kappa shape index (κ2) is 13.3. The van der Waals surface area contributed by atoms with E-state index in [-0.39, 0.29) is 11.3 Å². The van der Waals surface area contributed by atoms with Crippen molar-refractivity contribution in [2.24, 2.45) is 0 Å². The van der Waals surface area contributed by atoms with Gasteiger partial charge in [0.2, 0.25) is 11.1 Å². The molecule has 1 aliphatic rings. The molecular formula is C38H39N5O2S. The van der Waals surface area contributed by atoms with Crippen molar-refractivity contribution in [2.75, 3.05) is 10.6 Å². The second-order valence-electron chi connectivity index (χ2n) is 12.6. The summed E-state index contributed by atoms with van der Waals surface area (Å²) in [5.41, 5.74) is 7.73. The molecule has 0 saturated carbocycles. The summed E-state index contributed by atoms with van der Waals surface area (Å²) in [6, 6.07) is 34.0. The van der Waals surface area contributed by atoms with Gasteiger partial charge in [-0.2, -0.15) is 4.98 Å². The zero-order chi connectivity index (χ0) is 32.3. The molecule has 234 valence electrons. The number of anilines is 2. The fraction of sp³-hybridized carbons (Fsp3) is 0.237. The molecule has 1 amide bonds. The number of allylic oxidation sites excluding steroid dienone is 1. The predicted molar refractivity (Wildman–Crippen MR) is 186 cm³/mol. The van der Waals surface area contributed by atoms with Crippen LogP contribution in [-0.4, -0.2) is 20.7 Å². The smallest absolute Gasteiger partial charge is 0.255 e. The minimum absolute atomic E-state index is 0.109. The number of aromatic nitrogens is 3. The van der Waals surface area contributed by atoms with Crippen molar-refractivity contribution >= 4 is 29.3 Å². The van der Waals surface area contributed by atoms with Crippen molar-refractivity contribution in [1.29, 1.82) is 0 Å². The Bertz CT molecular complexity index is 1860. The van der Waals surface area contributed by atoms with Gasteiger partial charge in [0.15, 0.2) is 0 Å². The molecule has 2 N–H and O–H groups in total. The van der Waals surface area contributed by atoms with Crippen molar-refractivity contribution in [3.63, 3.8) is 0 Å². The third-order valence-corrected chi connectivity index (χ3v) is 8.89. The van der Waals surface area contributed by atoms with E-state index in [0.29, 0.717) is 23.3 Å². The number of carbonyl (C=O) groups is 1. The summed E-state index contributed by atoms with van der Waals surface area (Å²) in [6.07, 6.45) is 0. The number of ether oxygens (including phenoxy) is 1. The molecule has 6 rings (SSSR count). The average molecular weight is 630 g/mol. The zero-order valence-electron chi connectivity index (χ0n) is 26.9. The molecule has 2 heterocycles. The Hall–Kier alpha value is -4.82. The van der Waals surface area contributed by atoms with Crippen LogP contribution < -0.4 is 15.4 Å². The predicted octanol–water partition coefficient (Wildman–Crippen LogP) is 8.68. The summed E-state index contributed by atoms with van der Waals surface area (Å²) < 4.78 is 7.97. The molecule has 1 atom stereocenters. The Morgan fingerprint density at radius 1 is 0.913 bits per heavy atom. The summed E-state index contributed by atoms with van der Waals surface area (Å²) in [7, 11) is 0. The van der Waals surface area contributed by atoms with Gasteiger partial charge >= 0.3 is 0 Å². The molecule has 0 bridgehead atoms. The minimum atomic E-state index is -0.487. The van der Waals surface area contributed by atoms with Gasteiger partial charge in [0, 0.05) is 17.1 Å². The van der Waals surface area contributed by atoms with Gasteiger partial charge in [0.1, 0.15) is 18.4 Å². The van der Waals surface area contributed by atoms with Gasteiger partial charge < -0.3 is 15.4 Å². The summed E-state index contributed by atoms with van der Waals surface area (Å²) in [6.45, 7) is 11.0. The highest BCUT2D eigenvalue weighted by Crippen LogP contribution is 2.38. The first-order valence-corrected chi connectivity index (χ1v) is 16.4. The standard InChI is InChI=1S/C38H39N5O2S/c1-25-10-9-13-31(22-25)40-35(44)33-26(2)39-36-41-37(46-24-28-11-7-6-8-12-28)42-43(36)34(33)29-16-20-32(21-17-29)45-23-27-14-18-30(19-15-27)38(3,4)5/h6-22,34H,23-24H2,1-5H3,(H,40,44)(H,39,41,42). The van der Waals surface area contributed by atoms with Gasteiger partial charge in [-0.3, -0.25) is 4.79 Å². The topological polar surface area (TPSA) is 81.1 Å². The van der Waals surface area contributed by atoms with Crippen molar-refractivity contribution in [3.05, 3.63) is 142 Å². The molecule has 0 radical (unpaired) electrons. The van der Waals surface area contributed by atoms with Crippen LogP contribution in [0.15, 0.2) is 120 Å². The molecule has 4 aromatic carbocycles. The first-order valence-electron chi connectivity index (χ1n) is 15.5. The van der Waals surface area contributed by atoms with E-state index >= 15 is 0 Å². The maximum absolute atomic E-state index is 13.9. The van der Waals surface area contributed by atoms with Gasteiger partial charge in [-0.25, -0.2) is 4.68 Å². The van der Waals surface area contributed by atoms with Crippen LogP contribution in [-0.2, 0) is 22.6 Å². The van der Waals surface area contributed by atoms with Crippen LogP contribution in [0.5, 0.6) is 5.75 Å². The SMILES string of the molecule is CC1=C(C(=O)Nc2cccc(C)c2)C(c2ccc(OCc3ccc(C(C)(C)C)cc3)cc2)n2nc(SCc3ccccc3)nc2N1. The van der Waals surface area contributed by atoms with E-state index in [1.54, 1.807) is 11.8 Å². The Labute approximate surface area is 275 Å². The number of thioether (sulfide) groups is 1. The van der Waals surface area contributed by atoms with E-state index in [1.807, 2.05) is 85.3 Å². The maximum atomic E-state index is 13.9. The highest BCUT2D eigenvalue weighted by molar-refractivity contribution is 7.98. The molecule has 0 fully saturated rings. The van der Waals surface area contributed by atoms with Crippen LogP contribution in [0.1, 0.15) is 61.6 Å². The molecule has 5 aromatic rings. The number of benzene rings is 4. The Balaban J connectivity index is 1.26. The van der Waals surface area contributed by atoms with Crippen LogP contribution in [0.2, 0.25) is 0 Å². The summed E-state index contributed by atoms with van der Waals surface area (Å²) in [5, 5.41) is 12.0. The Kier molecular flexibility index (Phi) is 8.99. The number of carbonyl (C=O) groups excluding carboxylic acids is 1. The highest BCUT2D eigenvalue weighted by atomic mass is 32.2. The van der Waals surface area contributed by atoms with E-state index < -0.39 is 6.04 Å². The Morgan fingerprint density at radius 2 is 1.65 bits per heavy atom. The highest BCUT2D eigenvalue weighted by Gasteiger charge is 2.34. The average Bonchev–Trinajstić information content (AvgIpc) is 3.45. The first-order chi connectivity index (χ1) is 22.1. The molecule has 46 heavy (non-hydrogen) atoms. The van der Waals surface area contributed by atoms with Gasteiger partial charge in [-0.1, -0.05) is 111 Å². The van der Waals surface area contributed by atoms with E-state index in [4.69, 9.17) is 14.8 Å². The van der Waals surface area contributed by atoms with Gasteiger partial charge in [0.25, 0.3) is 5.91 Å². The molecule has 8 heteroatoms. The summed E-state index contributed by atoms with van der Waals surface area (Å²) in [4.78, 5) is 18.7. The van der Waals surface area contributed by atoms with E-state index in [9.17, 15) is 4.79 Å². The minimum Gasteiger partial charge on any atom is -0.489 e. The first kappa shape index (κ1) is 31.2. The number of hydrogen-bond donors (Lipinski definition) is 2. The molecule has 0 spiro atoms. The van der Waals surface area contributed by atoms with Crippen molar-refractivity contribution in [3.8, 4) is 5.75 Å². The lowest BCUT2D eigenvalue weighted by atomic mass is 9.87. The number of hydrogen-bond acceptors (Lipinski definition) is 6. The number of nitrogens with zero attached hydrogens (tertiary/aromatic N) is 3. The van der Waals surface area contributed by atoms with Gasteiger partial charge in [-0.05, 0) is 71.3 Å². The summed E-state index contributed by atoms with van der Waals surface area (Å²) >= 11 is 1.57. The number of rotatable bonds is 9. The molecule has 0 aliphatic carbocycles. The van der Waals surface area contributed by atoms with E-state index in [0.717, 1.165) is 39.6 Å². The number of fused-ring (bicyclic) bond motifs is 1. The van der Waals surface area contributed by atoms with Crippen molar-refractivity contribution < 1.29 is 9.53 Å². The monoisotopic (exact) mass is 629 g/mol. The number of amides is 1. The number of nitrogens with one attached hydrogen (secondary N) is 2. The van der Waals surface area contributed by atoms with Gasteiger partial charge in [-0.15, -0.1) is 5.10 Å².